The third-order valence-corrected chi connectivity index (χ3v) is 7.30. The Bertz CT molecular complexity index is 1750. The summed E-state index contributed by atoms with van der Waals surface area (Å²) >= 11 is 0. The maximum absolute atomic E-state index is 13.2. The second kappa shape index (κ2) is 15.3. The van der Waals surface area contributed by atoms with Crippen molar-refractivity contribution in [2.24, 2.45) is 21.8 Å². The fraction of sp³-hybridized carbons (Fsp3) is 0.257. The Morgan fingerprint density at radius 3 is 1.48 bits per heavy atom. The number of anilines is 2. The smallest absolute Gasteiger partial charge is 0.240 e. The average molecular weight is 640 g/mol. The minimum absolute atomic E-state index is 0. The van der Waals surface area contributed by atoms with Crippen molar-refractivity contribution in [3.8, 4) is 0 Å². The molecule has 0 aromatic heterocycles. The maximum atomic E-state index is 13.2. The number of carbonyl (C=O) groups excluding carboxylic acids is 4. The van der Waals surface area contributed by atoms with Crippen LogP contribution < -0.4 is 10.6 Å². The van der Waals surface area contributed by atoms with Crippen molar-refractivity contribution in [1.29, 1.82) is 0 Å². The van der Waals surface area contributed by atoms with E-state index in [1.165, 1.54) is 13.8 Å². The van der Waals surface area contributed by atoms with Gasteiger partial charge in [-0.1, -0.05) is 72.8 Å². The molecule has 9 heteroatoms. The summed E-state index contributed by atoms with van der Waals surface area (Å²) < 4.78 is 0. The van der Waals surface area contributed by atoms with E-state index in [9.17, 15) is 19.2 Å². The van der Waals surface area contributed by atoms with Crippen molar-refractivity contribution in [2.45, 2.75) is 40.7 Å². The number of nitrogens with one attached hydrogen (secondary N) is 2. The number of Topliss-reactive ketones (excluding diaryl/α,β-unsaturated/α-hetero) is 2. The molecule has 0 saturated carbocycles. The van der Waals surface area contributed by atoms with Crippen LogP contribution in [0.3, 0.4) is 0 Å². The molecule has 0 aliphatic carbocycles. The second-order valence-corrected chi connectivity index (χ2v) is 10.7. The fourth-order valence-corrected chi connectivity index (χ4v) is 5.25. The van der Waals surface area contributed by atoms with E-state index in [1.54, 1.807) is 32.9 Å². The Morgan fingerprint density at radius 1 is 0.614 bits per heavy atom. The summed E-state index contributed by atoms with van der Waals surface area (Å²) in [5.41, 5.74) is 1.96. The number of fused-ring (bicyclic) bond motifs is 2. The summed E-state index contributed by atoms with van der Waals surface area (Å²) in [6, 6.07) is 26.1. The third-order valence-electron chi connectivity index (χ3n) is 7.30. The van der Waals surface area contributed by atoms with Crippen LogP contribution in [0.1, 0.15) is 34.6 Å². The van der Waals surface area contributed by atoms with Gasteiger partial charge in [-0.25, -0.2) is 0 Å². The van der Waals surface area contributed by atoms with E-state index in [0.29, 0.717) is 22.8 Å². The molecule has 4 aromatic rings. The van der Waals surface area contributed by atoms with Gasteiger partial charge in [0.1, 0.15) is 23.4 Å². The molecule has 0 saturated heterocycles. The Kier molecular flexibility index (Phi) is 11.9. The number of ketones is 2. The molecule has 0 spiro atoms. The zero-order valence-electron chi connectivity index (χ0n) is 25.4. The Morgan fingerprint density at radius 2 is 1.02 bits per heavy atom. The zero-order valence-corrected chi connectivity index (χ0v) is 26.3. The molecule has 4 rings (SSSR count). The molecule has 0 aliphatic rings. The van der Waals surface area contributed by atoms with Crippen molar-refractivity contribution in [1.82, 2.24) is 0 Å². The van der Waals surface area contributed by atoms with Gasteiger partial charge in [0.25, 0.3) is 0 Å². The predicted molar refractivity (Wildman–Crippen MR) is 174 cm³/mol. The predicted octanol–water partition coefficient (Wildman–Crippen LogP) is 6.29. The molecule has 4 aromatic carbocycles. The van der Waals surface area contributed by atoms with Crippen LogP contribution >= 0.6 is 0 Å². The molecular formula is C35H36CuN4O4. The SMILES string of the molecule is CC(=O)C(C(=O)Nc1cccc2ccccc12)C(C)=NCC(C)N=C(C)C(C(C)=O)C(=O)Nc1cccc2ccccc12.[Cu]. The van der Waals surface area contributed by atoms with Crippen LogP contribution in [0.25, 0.3) is 21.5 Å². The summed E-state index contributed by atoms with van der Waals surface area (Å²) in [5.74, 6) is -3.70. The maximum Gasteiger partial charge on any atom is 0.240 e. The summed E-state index contributed by atoms with van der Waals surface area (Å²) in [6.07, 6.45) is 0. The van der Waals surface area contributed by atoms with Crippen molar-refractivity contribution in [3.05, 3.63) is 84.9 Å². The summed E-state index contributed by atoms with van der Waals surface area (Å²) in [7, 11) is 0. The largest absolute Gasteiger partial charge is 0.325 e. The number of aliphatic imine (C=N–C) groups is 2. The summed E-state index contributed by atoms with van der Waals surface area (Å²) in [6.45, 7) is 8.00. The van der Waals surface area contributed by atoms with E-state index >= 15 is 0 Å². The van der Waals surface area contributed by atoms with E-state index in [2.05, 4.69) is 20.6 Å². The van der Waals surface area contributed by atoms with Gasteiger partial charge in [-0.05, 0) is 57.5 Å². The molecule has 44 heavy (non-hydrogen) atoms. The van der Waals surface area contributed by atoms with Crippen LogP contribution in [0.5, 0.6) is 0 Å². The standard InChI is InChI=1S/C35H36N4O4.Cu/c1-21(37-23(3)33(25(5)41)35(43)39-31-19-11-15-27-13-7-9-17-29(27)31)20-36-22(2)32(24(4)40)34(42)38-30-18-10-14-26-12-6-8-16-28(26)30;/h6-19,21,32-33H,20H2,1-5H3,(H,38,42)(H,39,43);. The Balaban J connectivity index is 0.00000529. The third kappa shape index (κ3) is 8.13. The second-order valence-electron chi connectivity index (χ2n) is 10.7. The Labute approximate surface area is 267 Å². The minimum Gasteiger partial charge on any atom is -0.325 e. The molecule has 0 bridgehead atoms. The van der Waals surface area contributed by atoms with Gasteiger partial charge in [-0.2, -0.15) is 0 Å². The molecule has 231 valence electrons. The van der Waals surface area contributed by atoms with Gasteiger partial charge >= 0.3 is 0 Å². The number of hydrogen-bond donors (Lipinski definition) is 2. The van der Waals surface area contributed by atoms with E-state index in [1.807, 2.05) is 72.8 Å². The van der Waals surface area contributed by atoms with E-state index in [4.69, 9.17) is 0 Å². The normalized spacial score (nSPS) is 13.8. The molecule has 1 radical (unpaired) electrons. The molecule has 3 atom stereocenters. The van der Waals surface area contributed by atoms with Gasteiger partial charge in [0.05, 0.1) is 12.6 Å². The van der Waals surface area contributed by atoms with Crippen molar-refractivity contribution < 1.29 is 36.2 Å². The number of amides is 2. The minimum atomic E-state index is -1.07. The quantitative estimate of drug-likeness (QED) is 0.114. The molecule has 2 N–H and O–H groups in total. The topological polar surface area (TPSA) is 117 Å². The van der Waals surface area contributed by atoms with Crippen LogP contribution in [-0.2, 0) is 36.2 Å². The van der Waals surface area contributed by atoms with Gasteiger partial charge in [-0.3, -0.25) is 29.2 Å². The molecule has 0 fully saturated rings. The van der Waals surface area contributed by atoms with Gasteiger partial charge in [0.15, 0.2) is 0 Å². The van der Waals surface area contributed by atoms with Gasteiger partial charge < -0.3 is 10.6 Å². The van der Waals surface area contributed by atoms with Crippen LogP contribution in [0.2, 0.25) is 0 Å². The molecule has 3 unspecified atom stereocenters. The first-order valence-electron chi connectivity index (χ1n) is 14.2. The molecule has 8 nitrogen and oxygen atoms in total. The van der Waals surface area contributed by atoms with Crippen molar-refractivity contribution in [3.63, 3.8) is 0 Å². The Hall–Kier alpha value is -4.46. The van der Waals surface area contributed by atoms with Crippen LogP contribution in [0.4, 0.5) is 11.4 Å². The van der Waals surface area contributed by atoms with E-state index < -0.39 is 29.7 Å². The summed E-state index contributed by atoms with van der Waals surface area (Å²) in [5, 5.41) is 9.47. The molecular weight excluding hydrogens is 604 g/mol. The molecule has 2 amide bonds. The number of hydrogen-bond acceptors (Lipinski definition) is 6. The number of nitrogens with zero attached hydrogens (tertiary/aromatic N) is 2. The fourth-order valence-electron chi connectivity index (χ4n) is 5.25. The monoisotopic (exact) mass is 639 g/mol. The first-order valence-corrected chi connectivity index (χ1v) is 14.2. The van der Waals surface area contributed by atoms with E-state index in [0.717, 1.165) is 21.5 Å². The van der Waals surface area contributed by atoms with Crippen LogP contribution in [-0.4, -0.2) is 47.4 Å². The number of benzene rings is 4. The van der Waals surface area contributed by atoms with Gasteiger partial charge in [0.2, 0.25) is 11.8 Å². The molecule has 0 heterocycles. The van der Waals surface area contributed by atoms with Gasteiger partial charge in [-0.15, -0.1) is 0 Å². The van der Waals surface area contributed by atoms with E-state index in [-0.39, 0.29) is 35.2 Å². The number of carbonyl (C=O) groups is 4. The van der Waals surface area contributed by atoms with Crippen molar-refractivity contribution >= 4 is 67.7 Å². The van der Waals surface area contributed by atoms with Crippen LogP contribution in [0, 0.1) is 11.8 Å². The van der Waals surface area contributed by atoms with Crippen molar-refractivity contribution in [2.75, 3.05) is 17.2 Å². The van der Waals surface area contributed by atoms with Crippen LogP contribution in [0.15, 0.2) is 94.9 Å². The van der Waals surface area contributed by atoms with Gasteiger partial charge in [0, 0.05) is 50.6 Å². The first kappa shape index (κ1) is 34.0. The first-order chi connectivity index (χ1) is 20.6. The molecule has 0 aliphatic heterocycles. The zero-order chi connectivity index (χ0) is 31.1. The summed E-state index contributed by atoms with van der Waals surface area (Å²) in [4.78, 5) is 60.6. The number of rotatable bonds is 11. The average Bonchev–Trinajstić information content (AvgIpc) is 2.96.